The Balaban J connectivity index is 1.91. The Morgan fingerprint density at radius 1 is 1.28 bits per heavy atom. The molecule has 1 aromatic heterocycles. The predicted octanol–water partition coefficient (Wildman–Crippen LogP) is 3.50. The van der Waals surface area contributed by atoms with Gasteiger partial charge in [-0.2, -0.15) is 0 Å². The average molecular weight is 344 g/mol. The Morgan fingerprint density at radius 3 is 2.56 bits per heavy atom. The molecule has 1 heterocycles. The van der Waals surface area contributed by atoms with Crippen molar-refractivity contribution in [3.05, 3.63) is 41.9 Å². The van der Waals surface area contributed by atoms with Crippen LogP contribution in [0, 0.1) is 12.3 Å². The molecule has 1 aromatic carbocycles. The third kappa shape index (κ3) is 5.71. The minimum absolute atomic E-state index is 0.0524. The molecule has 1 unspecified atom stereocenters. The highest BCUT2D eigenvalue weighted by Crippen LogP contribution is 2.23. The summed E-state index contributed by atoms with van der Waals surface area (Å²) in [5.41, 5.74) is 2.07. The number of amides is 1. The first-order valence-electron chi connectivity index (χ1n) is 8.71. The number of hydrogen-bond donors (Lipinski definition) is 2. The van der Waals surface area contributed by atoms with Gasteiger partial charge >= 0.3 is 0 Å². The number of oxazole rings is 1. The Morgan fingerprint density at radius 2 is 1.96 bits per heavy atom. The Hall–Kier alpha value is -2.14. The lowest BCUT2D eigenvalue weighted by molar-refractivity contribution is -0.122. The summed E-state index contributed by atoms with van der Waals surface area (Å²) in [5, 5.41) is 12.2. The van der Waals surface area contributed by atoms with Gasteiger partial charge in [0.05, 0.1) is 6.20 Å². The summed E-state index contributed by atoms with van der Waals surface area (Å²) in [6.07, 6.45) is 3.01. The first kappa shape index (κ1) is 19.2. The number of nitrogens with zero attached hydrogens (tertiary/aromatic N) is 1. The molecule has 5 nitrogen and oxygen atoms in total. The van der Waals surface area contributed by atoms with Crippen molar-refractivity contribution in [3.8, 4) is 11.3 Å². The van der Waals surface area contributed by atoms with Gasteiger partial charge in [-0.15, -0.1) is 0 Å². The molecule has 2 N–H and O–H groups in total. The molecular weight excluding hydrogens is 316 g/mol. The molecule has 1 atom stereocenters. The molecule has 0 bridgehead atoms. The van der Waals surface area contributed by atoms with E-state index in [1.165, 1.54) is 5.56 Å². The summed E-state index contributed by atoms with van der Waals surface area (Å²) in [4.78, 5) is 16.5. The molecule has 0 saturated heterocycles. The maximum Gasteiger partial charge on any atom is 0.220 e. The summed E-state index contributed by atoms with van der Waals surface area (Å²) in [7, 11) is 0. The monoisotopic (exact) mass is 344 g/mol. The first-order valence-corrected chi connectivity index (χ1v) is 8.71. The largest absolute Gasteiger partial charge is 0.441 e. The molecule has 2 rings (SSSR count). The second-order valence-corrected chi connectivity index (χ2v) is 7.48. The smallest absolute Gasteiger partial charge is 0.220 e. The van der Waals surface area contributed by atoms with E-state index in [1.54, 1.807) is 6.20 Å². The number of hydrogen-bond acceptors (Lipinski definition) is 4. The lowest BCUT2D eigenvalue weighted by Gasteiger charge is -2.31. The van der Waals surface area contributed by atoms with Crippen LogP contribution in [0.1, 0.15) is 45.1 Å². The summed E-state index contributed by atoms with van der Waals surface area (Å²) in [6, 6.07) is 7.99. The van der Waals surface area contributed by atoms with Gasteiger partial charge in [-0.05, 0) is 18.8 Å². The van der Waals surface area contributed by atoms with Gasteiger partial charge in [0.25, 0.3) is 0 Å². The van der Waals surface area contributed by atoms with Crippen molar-refractivity contribution in [3.63, 3.8) is 0 Å². The number of nitrogens with one attached hydrogen (secondary N) is 1. The zero-order chi connectivity index (χ0) is 18.4. The number of carbonyl (C=O) groups is 1. The van der Waals surface area contributed by atoms with Gasteiger partial charge in [0.15, 0.2) is 11.7 Å². The molecule has 0 saturated carbocycles. The number of benzene rings is 1. The van der Waals surface area contributed by atoms with Crippen molar-refractivity contribution >= 4 is 5.91 Å². The van der Waals surface area contributed by atoms with Gasteiger partial charge in [0, 0.05) is 31.1 Å². The number of aliphatic hydroxyl groups excluding tert-OH is 1. The van der Waals surface area contributed by atoms with Crippen molar-refractivity contribution in [1.82, 2.24) is 10.3 Å². The number of rotatable bonds is 7. The predicted molar refractivity (Wildman–Crippen MR) is 98.1 cm³/mol. The van der Waals surface area contributed by atoms with Gasteiger partial charge in [0.2, 0.25) is 5.91 Å². The van der Waals surface area contributed by atoms with Crippen LogP contribution in [0.5, 0.6) is 0 Å². The van der Waals surface area contributed by atoms with Crippen LogP contribution in [0.2, 0.25) is 0 Å². The van der Waals surface area contributed by atoms with Gasteiger partial charge in [0.1, 0.15) is 0 Å². The van der Waals surface area contributed by atoms with Gasteiger partial charge < -0.3 is 14.8 Å². The fourth-order valence-electron chi connectivity index (χ4n) is 2.61. The van der Waals surface area contributed by atoms with E-state index in [-0.39, 0.29) is 24.0 Å². The summed E-state index contributed by atoms with van der Waals surface area (Å²) < 4.78 is 5.75. The van der Waals surface area contributed by atoms with Gasteiger partial charge in [-0.25, -0.2) is 4.98 Å². The highest BCUT2D eigenvalue weighted by Gasteiger charge is 2.25. The zero-order valence-corrected chi connectivity index (χ0v) is 15.5. The van der Waals surface area contributed by atoms with E-state index in [4.69, 9.17) is 4.42 Å². The molecule has 25 heavy (non-hydrogen) atoms. The summed E-state index contributed by atoms with van der Waals surface area (Å²) in [6.45, 7) is 8.25. The lowest BCUT2D eigenvalue weighted by atomic mass is 9.85. The number of aryl methyl sites for hydroxylation is 2. The SMILES string of the molecule is Cc1ccc(-c2cnc(CCC(=O)NC(CCO)C(C)(C)C)o2)cc1. The Kier molecular flexibility index (Phi) is 6.37. The van der Waals surface area contributed by atoms with Crippen molar-refractivity contribution in [1.29, 1.82) is 0 Å². The highest BCUT2D eigenvalue weighted by molar-refractivity contribution is 5.76. The van der Waals surface area contributed by atoms with E-state index >= 15 is 0 Å². The van der Waals surface area contributed by atoms with Crippen molar-refractivity contribution in [2.45, 2.75) is 53.0 Å². The maximum absolute atomic E-state index is 12.2. The van der Waals surface area contributed by atoms with Crippen LogP contribution in [0.4, 0.5) is 0 Å². The fraction of sp³-hybridized carbons (Fsp3) is 0.500. The van der Waals surface area contributed by atoms with Crippen molar-refractivity contribution in [2.24, 2.45) is 5.41 Å². The summed E-state index contributed by atoms with van der Waals surface area (Å²) in [5.74, 6) is 1.21. The number of aliphatic hydroxyl groups is 1. The lowest BCUT2D eigenvalue weighted by Crippen LogP contribution is -2.44. The van der Waals surface area contributed by atoms with Gasteiger partial charge in [-0.3, -0.25) is 4.79 Å². The maximum atomic E-state index is 12.2. The molecular formula is C20H28N2O3. The molecule has 0 fully saturated rings. The van der Waals surface area contributed by atoms with E-state index in [2.05, 4.69) is 31.1 Å². The van der Waals surface area contributed by atoms with Crippen LogP contribution in [-0.2, 0) is 11.2 Å². The van der Waals surface area contributed by atoms with E-state index in [9.17, 15) is 9.90 Å². The Labute approximate surface area is 149 Å². The van der Waals surface area contributed by atoms with Crippen LogP contribution in [0.25, 0.3) is 11.3 Å². The fourth-order valence-corrected chi connectivity index (χ4v) is 2.61. The van der Waals surface area contributed by atoms with E-state index in [0.29, 0.717) is 30.9 Å². The molecule has 0 aliphatic carbocycles. The minimum Gasteiger partial charge on any atom is -0.441 e. The molecule has 0 aliphatic heterocycles. The van der Waals surface area contributed by atoms with Crippen LogP contribution in [0.15, 0.2) is 34.9 Å². The minimum atomic E-state index is -0.0973. The normalized spacial score (nSPS) is 12.8. The summed E-state index contributed by atoms with van der Waals surface area (Å²) >= 11 is 0. The molecule has 0 aliphatic rings. The van der Waals surface area contributed by atoms with Crippen LogP contribution < -0.4 is 5.32 Å². The van der Waals surface area contributed by atoms with Crippen molar-refractivity contribution < 1.29 is 14.3 Å². The topological polar surface area (TPSA) is 75.4 Å². The molecule has 5 heteroatoms. The number of aromatic nitrogens is 1. The first-order chi connectivity index (χ1) is 11.8. The van der Waals surface area contributed by atoms with Gasteiger partial charge in [-0.1, -0.05) is 50.6 Å². The molecule has 0 spiro atoms. The Bertz CT molecular complexity index is 684. The number of carbonyl (C=O) groups excluding carboxylic acids is 1. The quantitative estimate of drug-likeness (QED) is 0.806. The van der Waals surface area contributed by atoms with Crippen LogP contribution in [0.3, 0.4) is 0 Å². The van der Waals surface area contributed by atoms with Crippen LogP contribution >= 0.6 is 0 Å². The second kappa shape index (κ2) is 8.30. The van der Waals surface area contributed by atoms with Crippen molar-refractivity contribution in [2.75, 3.05) is 6.61 Å². The zero-order valence-electron chi connectivity index (χ0n) is 15.5. The van der Waals surface area contributed by atoms with E-state index < -0.39 is 0 Å². The third-order valence-electron chi connectivity index (χ3n) is 4.25. The highest BCUT2D eigenvalue weighted by atomic mass is 16.4. The standard InChI is InChI=1S/C20H28N2O3/c1-14-5-7-15(8-6-14)16-13-21-19(25-16)10-9-18(24)22-17(11-12-23)20(2,3)4/h5-8,13,17,23H,9-12H2,1-4H3,(H,22,24). The third-order valence-corrected chi connectivity index (χ3v) is 4.25. The van der Waals surface area contributed by atoms with E-state index in [1.807, 2.05) is 31.2 Å². The molecule has 1 amide bonds. The second-order valence-electron chi connectivity index (χ2n) is 7.48. The molecule has 136 valence electrons. The molecule has 2 aromatic rings. The molecule has 0 radical (unpaired) electrons. The van der Waals surface area contributed by atoms with Crippen LogP contribution in [-0.4, -0.2) is 28.6 Å². The van der Waals surface area contributed by atoms with E-state index in [0.717, 1.165) is 5.56 Å². The average Bonchev–Trinajstić information content (AvgIpc) is 3.01.